The van der Waals surface area contributed by atoms with Crippen molar-refractivity contribution in [1.82, 2.24) is 0 Å². The van der Waals surface area contributed by atoms with Gasteiger partial charge in [-0.05, 0) is 6.42 Å². The summed E-state index contributed by atoms with van der Waals surface area (Å²) < 4.78 is 10.4. The maximum absolute atomic E-state index is 9.68. The lowest BCUT2D eigenvalue weighted by molar-refractivity contribution is -0.298. The highest BCUT2D eigenvalue weighted by Crippen LogP contribution is 2.21. The summed E-state index contributed by atoms with van der Waals surface area (Å²) in [7, 11) is 0. The first-order chi connectivity index (χ1) is 9.11. The number of hydrogen-bond acceptors (Lipinski definition) is 6. The van der Waals surface area contributed by atoms with Gasteiger partial charge in [-0.15, -0.1) is 0 Å². The molecule has 0 aromatic carbocycles. The van der Waals surface area contributed by atoms with E-state index < -0.39 is 37.3 Å². The largest absolute Gasteiger partial charge is 0.394 e. The lowest BCUT2D eigenvalue weighted by atomic mass is 9.99. The molecule has 6 nitrogen and oxygen atoms in total. The molecule has 1 heterocycles. The fourth-order valence-corrected chi connectivity index (χ4v) is 1.70. The van der Waals surface area contributed by atoms with E-state index in [2.05, 4.69) is 0 Å². The fourth-order valence-electron chi connectivity index (χ4n) is 1.70. The van der Waals surface area contributed by atoms with Crippen molar-refractivity contribution in [3.05, 3.63) is 24.3 Å². The highest BCUT2D eigenvalue weighted by Gasteiger charge is 2.43. The van der Waals surface area contributed by atoms with Gasteiger partial charge in [-0.25, -0.2) is 0 Å². The molecule has 5 atom stereocenters. The van der Waals surface area contributed by atoms with Crippen LogP contribution in [0.4, 0.5) is 0 Å². The third-order valence-corrected chi connectivity index (χ3v) is 2.82. The first kappa shape index (κ1) is 16.3. The smallest absolute Gasteiger partial charge is 0.187 e. The van der Waals surface area contributed by atoms with E-state index in [-0.39, 0.29) is 6.61 Å². The van der Waals surface area contributed by atoms with Gasteiger partial charge >= 0.3 is 0 Å². The number of allylic oxidation sites excluding steroid dienone is 3. The Balaban J connectivity index is 2.44. The molecule has 0 saturated carbocycles. The number of ether oxygens (including phenoxy) is 2. The maximum Gasteiger partial charge on any atom is 0.187 e. The molecule has 1 fully saturated rings. The molecule has 1 saturated heterocycles. The molecule has 0 aliphatic carbocycles. The van der Waals surface area contributed by atoms with E-state index in [0.29, 0.717) is 0 Å². The Morgan fingerprint density at radius 1 is 1.05 bits per heavy atom. The minimum absolute atomic E-state index is 0.191. The molecule has 0 aromatic heterocycles. The Morgan fingerprint density at radius 2 is 1.74 bits per heavy atom. The molecule has 0 spiro atoms. The van der Waals surface area contributed by atoms with Gasteiger partial charge in [0.1, 0.15) is 24.4 Å². The summed E-state index contributed by atoms with van der Waals surface area (Å²) in [5.74, 6) is 0. The van der Waals surface area contributed by atoms with Crippen molar-refractivity contribution in [3.63, 3.8) is 0 Å². The van der Waals surface area contributed by atoms with Crippen LogP contribution < -0.4 is 0 Å². The van der Waals surface area contributed by atoms with E-state index in [4.69, 9.17) is 14.6 Å². The quantitative estimate of drug-likeness (QED) is 0.479. The first-order valence-electron chi connectivity index (χ1n) is 6.35. The molecule has 0 aromatic rings. The fraction of sp³-hybridized carbons (Fsp3) is 0.692. The summed E-state index contributed by atoms with van der Waals surface area (Å²) in [5.41, 5.74) is 0. The summed E-state index contributed by atoms with van der Waals surface area (Å²) in [6.07, 6.45) is 2.20. The zero-order valence-electron chi connectivity index (χ0n) is 10.9. The Morgan fingerprint density at radius 3 is 2.37 bits per heavy atom. The summed E-state index contributed by atoms with van der Waals surface area (Å²) in [6.45, 7) is 1.76. The number of aliphatic hydroxyl groups excluding tert-OH is 4. The van der Waals surface area contributed by atoms with Gasteiger partial charge in [-0.3, -0.25) is 0 Å². The van der Waals surface area contributed by atoms with Crippen molar-refractivity contribution in [2.75, 3.05) is 13.2 Å². The molecular weight excluding hydrogens is 252 g/mol. The highest BCUT2D eigenvalue weighted by molar-refractivity contribution is 5.02. The van der Waals surface area contributed by atoms with Crippen molar-refractivity contribution >= 4 is 0 Å². The summed E-state index contributed by atoms with van der Waals surface area (Å²) in [5, 5.41) is 37.8. The van der Waals surface area contributed by atoms with Gasteiger partial charge in [0.25, 0.3) is 0 Å². The minimum Gasteiger partial charge on any atom is -0.394 e. The predicted octanol–water partition coefficient (Wildman–Crippen LogP) is -0.675. The lowest BCUT2D eigenvalue weighted by Crippen LogP contribution is -2.59. The van der Waals surface area contributed by atoms with Crippen molar-refractivity contribution in [2.24, 2.45) is 0 Å². The van der Waals surface area contributed by atoms with Gasteiger partial charge < -0.3 is 29.9 Å². The average molecular weight is 274 g/mol. The van der Waals surface area contributed by atoms with Crippen molar-refractivity contribution < 1.29 is 29.9 Å². The maximum atomic E-state index is 9.68. The molecule has 19 heavy (non-hydrogen) atoms. The van der Waals surface area contributed by atoms with Crippen molar-refractivity contribution in [2.45, 2.75) is 44.1 Å². The third-order valence-electron chi connectivity index (χ3n) is 2.82. The van der Waals surface area contributed by atoms with E-state index >= 15 is 0 Å². The molecule has 5 unspecified atom stereocenters. The SMILES string of the molecule is CCC=CC=CCOC1OC(CO)C(O)C(O)C1O. The van der Waals surface area contributed by atoms with Gasteiger partial charge in [0.05, 0.1) is 13.2 Å². The Hall–Kier alpha value is -0.760. The van der Waals surface area contributed by atoms with E-state index in [0.717, 1.165) is 6.42 Å². The number of aliphatic hydroxyl groups is 4. The third kappa shape index (κ3) is 4.68. The number of hydrogen-bond donors (Lipinski definition) is 4. The predicted molar refractivity (Wildman–Crippen MR) is 68.3 cm³/mol. The normalized spacial score (nSPS) is 36.4. The Labute approximate surface area is 112 Å². The monoisotopic (exact) mass is 274 g/mol. The molecule has 110 valence electrons. The standard InChI is InChI=1S/C13H22O6/c1-2-3-4-5-6-7-18-13-12(17)11(16)10(15)9(8-14)19-13/h3-6,9-17H,2,7-8H2,1H3. The highest BCUT2D eigenvalue weighted by atomic mass is 16.7. The van der Waals surface area contributed by atoms with Crippen molar-refractivity contribution in [3.8, 4) is 0 Å². The van der Waals surface area contributed by atoms with Crippen LogP contribution in [0.25, 0.3) is 0 Å². The van der Waals surface area contributed by atoms with E-state index in [1.54, 1.807) is 12.2 Å². The van der Waals surface area contributed by atoms with Gasteiger partial charge in [0.15, 0.2) is 6.29 Å². The van der Waals surface area contributed by atoms with Crippen molar-refractivity contribution in [1.29, 1.82) is 0 Å². The van der Waals surface area contributed by atoms with Gasteiger partial charge in [-0.1, -0.05) is 31.2 Å². The molecule has 1 rings (SSSR count). The molecular formula is C13H22O6. The molecule has 0 amide bonds. The van der Waals surface area contributed by atoms with Gasteiger partial charge in [0.2, 0.25) is 0 Å². The second-order valence-electron chi connectivity index (χ2n) is 4.30. The van der Waals surface area contributed by atoms with Crippen LogP contribution in [-0.4, -0.2) is 64.3 Å². The van der Waals surface area contributed by atoms with E-state index in [1.807, 2.05) is 19.1 Å². The second-order valence-corrected chi connectivity index (χ2v) is 4.30. The molecule has 1 aliphatic heterocycles. The molecule has 1 aliphatic rings. The Bertz CT molecular complexity index is 302. The van der Waals surface area contributed by atoms with Crippen LogP contribution in [0.5, 0.6) is 0 Å². The van der Waals surface area contributed by atoms with E-state index in [1.165, 1.54) is 0 Å². The van der Waals surface area contributed by atoms with Crippen LogP contribution in [0.15, 0.2) is 24.3 Å². The zero-order chi connectivity index (χ0) is 14.3. The molecule has 6 heteroatoms. The summed E-state index contributed by atoms with van der Waals surface area (Å²) in [6, 6.07) is 0. The first-order valence-corrected chi connectivity index (χ1v) is 6.35. The van der Waals surface area contributed by atoms with Crippen LogP contribution in [-0.2, 0) is 9.47 Å². The second kappa shape index (κ2) is 8.42. The average Bonchev–Trinajstić information content (AvgIpc) is 2.42. The zero-order valence-corrected chi connectivity index (χ0v) is 10.9. The minimum atomic E-state index is -1.40. The van der Waals surface area contributed by atoms with Crippen LogP contribution in [0.2, 0.25) is 0 Å². The molecule has 0 bridgehead atoms. The van der Waals surface area contributed by atoms with Crippen LogP contribution >= 0.6 is 0 Å². The van der Waals surface area contributed by atoms with E-state index in [9.17, 15) is 15.3 Å². The number of rotatable bonds is 6. The summed E-state index contributed by atoms with van der Waals surface area (Å²) >= 11 is 0. The topological polar surface area (TPSA) is 99.4 Å². The van der Waals surface area contributed by atoms with Crippen LogP contribution in [0.1, 0.15) is 13.3 Å². The lowest BCUT2D eigenvalue weighted by Gasteiger charge is -2.39. The van der Waals surface area contributed by atoms with Gasteiger partial charge in [0, 0.05) is 0 Å². The van der Waals surface area contributed by atoms with Crippen LogP contribution in [0.3, 0.4) is 0 Å². The van der Waals surface area contributed by atoms with Crippen LogP contribution in [0, 0.1) is 0 Å². The van der Waals surface area contributed by atoms with Gasteiger partial charge in [-0.2, -0.15) is 0 Å². The molecule has 4 N–H and O–H groups in total. The molecule has 0 radical (unpaired) electrons. The Kier molecular flexibility index (Phi) is 7.22. The summed E-state index contributed by atoms with van der Waals surface area (Å²) in [4.78, 5) is 0.